The van der Waals surface area contributed by atoms with Gasteiger partial charge in [0.2, 0.25) is 0 Å². The van der Waals surface area contributed by atoms with Gasteiger partial charge in [-0.3, -0.25) is 0 Å². The first-order chi connectivity index (χ1) is 6.83. The van der Waals surface area contributed by atoms with Gasteiger partial charge >= 0.3 is 0 Å². The molecule has 0 heterocycles. The molecule has 0 aliphatic rings. The number of aldehydes is 1. The second-order valence-corrected chi connectivity index (χ2v) is 4.99. The molecule has 90 valence electrons. The van der Waals surface area contributed by atoms with Crippen molar-refractivity contribution in [2.45, 2.75) is 45.3 Å². The van der Waals surface area contributed by atoms with Crippen LogP contribution in [0.2, 0.25) is 0 Å². The number of nitrogens with two attached hydrogens (primary N) is 1. The summed E-state index contributed by atoms with van der Waals surface area (Å²) in [4.78, 5) is 10.2. The largest absolute Gasteiger partial charge is 0.374 e. The second-order valence-electron chi connectivity index (χ2n) is 4.99. The van der Waals surface area contributed by atoms with E-state index in [1.807, 2.05) is 13.8 Å². The van der Waals surface area contributed by atoms with Crippen molar-refractivity contribution in [3.63, 3.8) is 0 Å². The molecule has 0 aromatic rings. The molecule has 0 spiro atoms. The van der Waals surface area contributed by atoms with Gasteiger partial charge < -0.3 is 20.6 Å². The van der Waals surface area contributed by atoms with Gasteiger partial charge in [0.05, 0.1) is 12.1 Å². The molecule has 0 rings (SSSR count). The van der Waals surface area contributed by atoms with Crippen molar-refractivity contribution in [2.75, 3.05) is 19.7 Å². The maximum absolute atomic E-state index is 10.2. The Balaban J connectivity index is 3.78. The summed E-state index contributed by atoms with van der Waals surface area (Å²) in [5.74, 6) is 0. The summed E-state index contributed by atoms with van der Waals surface area (Å²) in [6.45, 7) is 9.58. The molecule has 0 aromatic heterocycles. The Morgan fingerprint density at radius 2 is 1.93 bits per heavy atom. The zero-order chi connectivity index (χ0) is 11.9. The lowest BCUT2D eigenvalue weighted by Crippen LogP contribution is -2.42. The van der Waals surface area contributed by atoms with Crippen molar-refractivity contribution in [1.29, 1.82) is 0 Å². The lowest BCUT2D eigenvalue weighted by atomic mass is 10.0. The highest BCUT2D eigenvalue weighted by Gasteiger charge is 2.20. The minimum absolute atomic E-state index is 0.0778. The van der Waals surface area contributed by atoms with Crippen molar-refractivity contribution in [1.82, 2.24) is 5.32 Å². The first-order valence-electron chi connectivity index (χ1n) is 5.36. The molecule has 0 aliphatic heterocycles. The summed E-state index contributed by atoms with van der Waals surface area (Å²) >= 11 is 0. The fourth-order valence-corrected chi connectivity index (χ4v) is 1.05. The molecular weight excluding hydrogens is 192 g/mol. The van der Waals surface area contributed by atoms with Gasteiger partial charge in [-0.15, -0.1) is 0 Å². The van der Waals surface area contributed by atoms with Crippen LogP contribution in [0, 0.1) is 0 Å². The van der Waals surface area contributed by atoms with Crippen molar-refractivity contribution in [3.8, 4) is 0 Å². The Morgan fingerprint density at radius 1 is 1.33 bits per heavy atom. The number of ether oxygens (including phenoxy) is 1. The topological polar surface area (TPSA) is 64.3 Å². The number of nitrogens with one attached hydrogen (secondary N) is 1. The molecule has 0 saturated heterocycles. The fraction of sp³-hybridized carbons (Fsp3) is 0.909. The van der Waals surface area contributed by atoms with Crippen LogP contribution in [-0.2, 0) is 9.53 Å². The molecule has 4 heteroatoms. The van der Waals surface area contributed by atoms with E-state index in [0.29, 0.717) is 19.7 Å². The summed E-state index contributed by atoms with van der Waals surface area (Å²) in [6, 6.07) is 0. The first-order valence-corrected chi connectivity index (χ1v) is 5.36. The zero-order valence-electron chi connectivity index (χ0n) is 10.3. The third kappa shape index (κ3) is 7.48. The molecule has 0 atom stereocenters. The minimum atomic E-state index is -0.263. The minimum Gasteiger partial charge on any atom is -0.374 e. The van der Waals surface area contributed by atoms with Crippen LogP contribution in [0.4, 0.5) is 0 Å². The molecule has 0 saturated carbocycles. The molecule has 0 unspecified atom stereocenters. The Kier molecular flexibility index (Phi) is 6.02. The van der Waals surface area contributed by atoms with E-state index >= 15 is 0 Å². The zero-order valence-corrected chi connectivity index (χ0v) is 10.3. The van der Waals surface area contributed by atoms with Crippen molar-refractivity contribution < 1.29 is 9.53 Å². The van der Waals surface area contributed by atoms with E-state index in [9.17, 15) is 4.79 Å². The van der Waals surface area contributed by atoms with Gasteiger partial charge in [0.15, 0.2) is 0 Å². The van der Waals surface area contributed by atoms with Crippen LogP contribution < -0.4 is 11.1 Å². The fourth-order valence-electron chi connectivity index (χ4n) is 1.05. The maximum atomic E-state index is 10.2. The molecule has 0 amide bonds. The normalized spacial score (nSPS) is 12.9. The average molecular weight is 216 g/mol. The lowest BCUT2D eigenvalue weighted by Gasteiger charge is -2.29. The molecule has 3 N–H and O–H groups in total. The van der Waals surface area contributed by atoms with Crippen LogP contribution in [0.25, 0.3) is 0 Å². The second kappa shape index (κ2) is 6.20. The number of hydrogen-bond acceptors (Lipinski definition) is 4. The van der Waals surface area contributed by atoms with Gasteiger partial charge in [-0.05, 0) is 34.1 Å². The molecular formula is C11H24N2O2. The van der Waals surface area contributed by atoms with Crippen molar-refractivity contribution >= 4 is 6.29 Å². The van der Waals surface area contributed by atoms with E-state index in [4.69, 9.17) is 10.5 Å². The highest BCUT2D eigenvalue weighted by Crippen LogP contribution is 2.12. The molecule has 4 nitrogen and oxygen atoms in total. The van der Waals surface area contributed by atoms with Gasteiger partial charge in [0.25, 0.3) is 0 Å². The summed E-state index contributed by atoms with van der Waals surface area (Å²) in [5.41, 5.74) is 5.21. The van der Waals surface area contributed by atoms with E-state index in [2.05, 4.69) is 19.2 Å². The molecule has 0 fully saturated rings. The van der Waals surface area contributed by atoms with E-state index in [0.717, 1.165) is 12.7 Å². The maximum Gasteiger partial charge on any atom is 0.133 e. The predicted octanol–water partition coefficient (Wildman–Crippen LogP) is 0.698. The summed E-state index contributed by atoms with van der Waals surface area (Å²) in [7, 11) is 0. The predicted molar refractivity (Wildman–Crippen MR) is 61.8 cm³/mol. The molecule has 0 radical (unpaired) electrons. The van der Waals surface area contributed by atoms with Crippen LogP contribution in [0.5, 0.6) is 0 Å². The third-order valence-electron chi connectivity index (χ3n) is 2.38. The van der Waals surface area contributed by atoms with Gasteiger partial charge in [0.1, 0.15) is 6.29 Å². The Morgan fingerprint density at radius 3 is 2.40 bits per heavy atom. The smallest absolute Gasteiger partial charge is 0.133 e. The Bertz CT molecular complexity index is 191. The highest BCUT2D eigenvalue weighted by atomic mass is 16.5. The number of hydrogen-bond donors (Lipinski definition) is 2. The van der Waals surface area contributed by atoms with Gasteiger partial charge in [0, 0.05) is 18.7 Å². The third-order valence-corrected chi connectivity index (χ3v) is 2.38. The van der Waals surface area contributed by atoms with Crippen LogP contribution in [0.15, 0.2) is 0 Å². The average Bonchev–Trinajstić information content (AvgIpc) is 2.14. The molecule has 15 heavy (non-hydrogen) atoms. The summed E-state index contributed by atoms with van der Waals surface area (Å²) in [6.07, 6.45) is 1.72. The highest BCUT2D eigenvalue weighted by molar-refractivity contribution is 5.52. The summed E-state index contributed by atoms with van der Waals surface area (Å²) < 4.78 is 5.64. The Hall–Kier alpha value is -0.450. The van der Waals surface area contributed by atoms with Gasteiger partial charge in [-0.1, -0.05) is 0 Å². The molecule has 0 bridgehead atoms. The van der Waals surface area contributed by atoms with Gasteiger partial charge in [-0.2, -0.15) is 0 Å². The van der Waals surface area contributed by atoms with E-state index in [-0.39, 0.29) is 11.1 Å². The monoisotopic (exact) mass is 216 g/mol. The standard InChI is InChI=1S/C11H24N2O2/c1-10(2,13-6-7-14)5-8-15-11(3,4)9-12/h7,13H,5-6,8-9,12H2,1-4H3. The SMILES string of the molecule is CC(C)(CCOC(C)(C)CN)NCC=O. The van der Waals surface area contributed by atoms with E-state index in [1.165, 1.54) is 0 Å². The number of carbonyl (C=O) groups is 1. The summed E-state index contributed by atoms with van der Waals surface area (Å²) in [5, 5.41) is 3.13. The van der Waals surface area contributed by atoms with Crippen LogP contribution in [0.3, 0.4) is 0 Å². The van der Waals surface area contributed by atoms with Gasteiger partial charge in [-0.25, -0.2) is 0 Å². The van der Waals surface area contributed by atoms with E-state index in [1.54, 1.807) is 0 Å². The number of rotatable bonds is 8. The van der Waals surface area contributed by atoms with Crippen LogP contribution >= 0.6 is 0 Å². The molecule has 0 aliphatic carbocycles. The quantitative estimate of drug-likeness (QED) is 0.586. The van der Waals surface area contributed by atoms with Crippen LogP contribution in [0.1, 0.15) is 34.1 Å². The van der Waals surface area contributed by atoms with Crippen molar-refractivity contribution in [3.05, 3.63) is 0 Å². The molecule has 0 aromatic carbocycles. The lowest BCUT2D eigenvalue weighted by molar-refractivity contribution is -0.107. The first kappa shape index (κ1) is 14.6. The van der Waals surface area contributed by atoms with Crippen molar-refractivity contribution in [2.24, 2.45) is 5.73 Å². The Labute approximate surface area is 92.6 Å². The number of carbonyl (C=O) groups excluding carboxylic acids is 1. The van der Waals surface area contributed by atoms with Crippen LogP contribution in [-0.4, -0.2) is 37.1 Å². The van der Waals surface area contributed by atoms with E-state index < -0.39 is 0 Å².